The Labute approximate surface area is 147 Å². The molecule has 1 aromatic heterocycles. The maximum absolute atomic E-state index is 11.7. The van der Waals surface area contributed by atoms with E-state index in [9.17, 15) is 18.3 Å². The summed E-state index contributed by atoms with van der Waals surface area (Å²) in [5, 5.41) is 10.5. The molecule has 130 valence electrons. The van der Waals surface area contributed by atoms with E-state index in [0.717, 1.165) is 22.0 Å². The highest BCUT2D eigenvalue weighted by atomic mass is 32.2. The molecule has 0 amide bonds. The van der Waals surface area contributed by atoms with Crippen LogP contribution in [0.4, 0.5) is 0 Å². The SMILES string of the molecule is CC(C)c1cccc2c(-c3ccc(C[SH](=O)=O)cc3)c(C(=O)O)[nH]c12. The first kappa shape index (κ1) is 17.2. The lowest BCUT2D eigenvalue weighted by Gasteiger charge is -2.07. The van der Waals surface area contributed by atoms with Crippen molar-refractivity contribution in [2.45, 2.75) is 25.5 Å². The molecule has 0 aliphatic carbocycles. The second kappa shape index (κ2) is 6.72. The van der Waals surface area contributed by atoms with Crippen LogP contribution in [0.2, 0.25) is 0 Å². The predicted octanol–water partition coefficient (Wildman–Crippen LogP) is 3.77. The summed E-state index contributed by atoms with van der Waals surface area (Å²) >= 11 is 0. The topological polar surface area (TPSA) is 87.2 Å². The number of para-hydroxylation sites is 1. The number of hydrogen-bond donors (Lipinski definition) is 3. The summed E-state index contributed by atoms with van der Waals surface area (Å²) in [4.78, 5) is 14.8. The zero-order valence-corrected chi connectivity index (χ0v) is 14.8. The molecule has 0 saturated carbocycles. The summed E-state index contributed by atoms with van der Waals surface area (Å²) in [6, 6.07) is 12.8. The van der Waals surface area contributed by atoms with E-state index in [1.54, 1.807) is 24.3 Å². The van der Waals surface area contributed by atoms with Gasteiger partial charge in [0.05, 0.1) is 11.3 Å². The van der Waals surface area contributed by atoms with Crippen LogP contribution in [0.25, 0.3) is 22.0 Å². The van der Waals surface area contributed by atoms with Gasteiger partial charge in [-0.15, -0.1) is 0 Å². The molecular weight excluding hydrogens is 338 g/mol. The van der Waals surface area contributed by atoms with Crippen LogP contribution in [0.15, 0.2) is 42.5 Å². The molecule has 0 radical (unpaired) electrons. The Morgan fingerprint density at radius 1 is 1.12 bits per heavy atom. The van der Waals surface area contributed by atoms with Gasteiger partial charge in [-0.05, 0) is 22.6 Å². The first-order chi connectivity index (χ1) is 11.9. The van der Waals surface area contributed by atoms with Crippen LogP contribution in [-0.4, -0.2) is 24.5 Å². The van der Waals surface area contributed by atoms with E-state index in [-0.39, 0.29) is 17.4 Å². The minimum atomic E-state index is -2.49. The molecule has 25 heavy (non-hydrogen) atoms. The highest BCUT2D eigenvalue weighted by molar-refractivity contribution is 7.71. The largest absolute Gasteiger partial charge is 0.477 e. The Hall–Kier alpha value is -2.60. The van der Waals surface area contributed by atoms with Gasteiger partial charge >= 0.3 is 5.97 Å². The van der Waals surface area contributed by atoms with E-state index in [2.05, 4.69) is 18.8 Å². The van der Waals surface area contributed by atoms with Gasteiger partial charge in [-0.3, -0.25) is 0 Å². The Balaban J connectivity index is 2.22. The molecule has 0 atom stereocenters. The lowest BCUT2D eigenvalue weighted by molar-refractivity contribution is 0.0692. The molecule has 0 spiro atoms. The number of thiol groups is 1. The van der Waals surface area contributed by atoms with Crippen molar-refractivity contribution in [2.24, 2.45) is 0 Å². The number of aromatic nitrogens is 1. The van der Waals surface area contributed by atoms with Crippen molar-refractivity contribution in [1.82, 2.24) is 4.98 Å². The highest BCUT2D eigenvalue weighted by Crippen LogP contribution is 2.36. The number of H-pyrrole nitrogens is 1. The van der Waals surface area contributed by atoms with Crippen molar-refractivity contribution < 1.29 is 18.3 Å². The van der Waals surface area contributed by atoms with Crippen LogP contribution >= 0.6 is 0 Å². The third kappa shape index (κ3) is 3.30. The van der Waals surface area contributed by atoms with Crippen molar-refractivity contribution >= 4 is 27.6 Å². The van der Waals surface area contributed by atoms with Gasteiger partial charge in [-0.2, -0.15) is 0 Å². The van der Waals surface area contributed by atoms with Gasteiger partial charge in [0.15, 0.2) is 0 Å². The number of carboxylic acid groups (broad SMARTS) is 1. The maximum Gasteiger partial charge on any atom is 0.352 e. The fraction of sp³-hybridized carbons (Fsp3) is 0.211. The Kier molecular flexibility index (Phi) is 4.63. The van der Waals surface area contributed by atoms with E-state index >= 15 is 0 Å². The van der Waals surface area contributed by atoms with E-state index in [1.165, 1.54) is 0 Å². The first-order valence-electron chi connectivity index (χ1n) is 7.97. The van der Waals surface area contributed by atoms with Gasteiger partial charge in [0.25, 0.3) is 0 Å². The second-order valence-electron chi connectivity index (χ2n) is 6.29. The van der Waals surface area contributed by atoms with Crippen LogP contribution in [0.3, 0.4) is 0 Å². The van der Waals surface area contributed by atoms with Gasteiger partial charge in [0.2, 0.25) is 0 Å². The number of carboxylic acids is 1. The van der Waals surface area contributed by atoms with E-state index < -0.39 is 16.7 Å². The van der Waals surface area contributed by atoms with Gasteiger partial charge in [0.1, 0.15) is 16.4 Å². The zero-order chi connectivity index (χ0) is 18.1. The number of hydrogen-bond acceptors (Lipinski definition) is 3. The van der Waals surface area contributed by atoms with Crippen LogP contribution in [-0.2, 0) is 16.5 Å². The number of aromatic amines is 1. The van der Waals surface area contributed by atoms with Crippen LogP contribution in [0, 0.1) is 0 Å². The van der Waals surface area contributed by atoms with Crippen molar-refractivity contribution in [3.8, 4) is 11.1 Å². The van der Waals surface area contributed by atoms with Crippen molar-refractivity contribution in [2.75, 3.05) is 0 Å². The van der Waals surface area contributed by atoms with E-state index in [4.69, 9.17) is 0 Å². The molecular formula is C19H19NO4S. The Morgan fingerprint density at radius 2 is 1.80 bits per heavy atom. The smallest absolute Gasteiger partial charge is 0.352 e. The van der Waals surface area contributed by atoms with Crippen LogP contribution < -0.4 is 0 Å². The first-order valence-corrected chi connectivity index (χ1v) is 9.33. The third-order valence-corrected chi connectivity index (χ3v) is 4.88. The highest BCUT2D eigenvalue weighted by Gasteiger charge is 2.20. The number of fused-ring (bicyclic) bond motifs is 1. The van der Waals surface area contributed by atoms with E-state index in [1.807, 2.05) is 18.2 Å². The molecule has 0 bridgehead atoms. The fourth-order valence-electron chi connectivity index (χ4n) is 3.11. The Morgan fingerprint density at radius 3 is 2.36 bits per heavy atom. The minimum absolute atomic E-state index is 0.0210. The number of rotatable bonds is 5. The molecule has 6 heteroatoms. The molecule has 5 nitrogen and oxygen atoms in total. The molecule has 1 heterocycles. The fourth-order valence-corrected chi connectivity index (χ4v) is 3.62. The predicted molar refractivity (Wildman–Crippen MR) is 98.8 cm³/mol. The number of benzene rings is 2. The summed E-state index contributed by atoms with van der Waals surface area (Å²) in [6.07, 6.45) is 0. The van der Waals surface area contributed by atoms with Crippen LogP contribution in [0.5, 0.6) is 0 Å². The monoisotopic (exact) mass is 357 g/mol. The van der Waals surface area contributed by atoms with Crippen molar-refractivity contribution in [1.29, 1.82) is 0 Å². The number of aromatic carboxylic acids is 1. The standard InChI is InChI=1S/C19H19NO4S/c1-11(2)14-4-3-5-15-16(18(19(21)22)20-17(14)15)13-8-6-12(7-9-13)10-25(23)24/h3-9,11,20,25H,10H2,1-2H3,(H,21,22). The minimum Gasteiger partial charge on any atom is -0.477 e. The quantitative estimate of drug-likeness (QED) is 0.607. The van der Waals surface area contributed by atoms with Crippen LogP contribution in [0.1, 0.15) is 41.4 Å². The molecule has 0 aliphatic heterocycles. The summed E-state index contributed by atoms with van der Waals surface area (Å²) in [5.74, 6) is -0.785. The average Bonchev–Trinajstić information content (AvgIpc) is 2.94. The lowest BCUT2D eigenvalue weighted by atomic mass is 9.96. The second-order valence-corrected chi connectivity index (χ2v) is 7.27. The molecule has 0 unspecified atom stereocenters. The van der Waals surface area contributed by atoms with Gasteiger partial charge < -0.3 is 10.1 Å². The third-order valence-electron chi connectivity index (χ3n) is 4.26. The molecule has 3 rings (SSSR count). The summed E-state index contributed by atoms with van der Waals surface area (Å²) < 4.78 is 21.7. The molecule has 0 aliphatic rings. The van der Waals surface area contributed by atoms with Crippen molar-refractivity contribution in [3.05, 3.63) is 59.3 Å². The van der Waals surface area contributed by atoms with Crippen molar-refractivity contribution in [3.63, 3.8) is 0 Å². The molecule has 2 N–H and O–H groups in total. The number of carbonyl (C=O) groups is 1. The molecule has 0 saturated heterocycles. The van der Waals surface area contributed by atoms with Gasteiger partial charge in [-0.1, -0.05) is 56.3 Å². The normalized spacial score (nSPS) is 11.5. The molecule has 0 fully saturated rings. The Bertz CT molecular complexity index is 1010. The lowest BCUT2D eigenvalue weighted by Crippen LogP contribution is -1.99. The summed E-state index contributed by atoms with van der Waals surface area (Å²) in [6.45, 7) is 4.13. The number of nitrogens with one attached hydrogen (secondary N) is 1. The molecule has 2 aromatic carbocycles. The maximum atomic E-state index is 11.7. The molecule has 3 aromatic rings. The summed E-state index contributed by atoms with van der Waals surface area (Å²) in [7, 11) is -2.49. The average molecular weight is 357 g/mol. The summed E-state index contributed by atoms with van der Waals surface area (Å²) in [5.41, 5.74) is 4.09. The zero-order valence-electron chi connectivity index (χ0n) is 13.9. The van der Waals surface area contributed by atoms with Gasteiger partial charge in [-0.25, -0.2) is 13.2 Å². The van der Waals surface area contributed by atoms with E-state index in [0.29, 0.717) is 11.1 Å². The van der Waals surface area contributed by atoms with Gasteiger partial charge in [0, 0.05) is 10.9 Å².